The van der Waals surface area contributed by atoms with E-state index in [2.05, 4.69) is 11.8 Å². The number of carbonyl (C=O) groups excluding carboxylic acids is 1. The van der Waals surface area contributed by atoms with Crippen LogP contribution in [-0.2, 0) is 4.79 Å². The molecule has 0 radical (unpaired) electrons. The molecule has 0 spiro atoms. The van der Waals surface area contributed by atoms with E-state index in [9.17, 15) is 4.79 Å². The average Bonchev–Trinajstić information content (AvgIpc) is 2.37. The first-order valence-electron chi connectivity index (χ1n) is 5.76. The quantitative estimate of drug-likeness (QED) is 0.554. The van der Waals surface area contributed by atoms with Crippen LogP contribution in [0.15, 0.2) is 30.3 Å². The van der Waals surface area contributed by atoms with Crippen molar-refractivity contribution in [2.45, 2.75) is 33.1 Å². The van der Waals surface area contributed by atoms with E-state index in [4.69, 9.17) is 0 Å². The lowest BCUT2D eigenvalue weighted by Gasteiger charge is -2.21. The van der Waals surface area contributed by atoms with E-state index in [0.29, 0.717) is 6.42 Å². The molecule has 0 aliphatic carbocycles. The van der Waals surface area contributed by atoms with Crippen LogP contribution >= 0.6 is 0 Å². The Morgan fingerprint density at radius 2 is 1.81 bits per heavy atom. The van der Waals surface area contributed by atoms with Crippen LogP contribution in [0.1, 0.15) is 38.7 Å². The molecule has 0 bridgehead atoms. The van der Waals surface area contributed by atoms with Crippen LogP contribution in [0.4, 0.5) is 0 Å². The van der Waals surface area contributed by atoms with Crippen LogP contribution in [0.25, 0.3) is 0 Å². The van der Waals surface area contributed by atoms with Gasteiger partial charge in [0.15, 0.2) is 0 Å². The van der Waals surface area contributed by atoms with Gasteiger partial charge in [0, 0.05) is 17.4 Å². The zero-order valence-electron chi connectivity index (χ0n) is 9.99. The SMILES string of the molecule is CCC(C=O)(CC)CC#Cc1ccccc1. The number of hydrogen-bond acceptors (Lipinski definition) is 1. The summed E-state index contributed by atoms with van der Waals surface area (Å²) in [4.78, 5) is 11.1. The third kappa shape index (κ3) is 3.24. The van der Waals surface area contributed by atoms with Crippen molar-refractivity contribution in [3.05, 3.63) is 35.9 Å². The zero-order valence-corrected chi connectivity index (χ0v) is 9.99. The molecule has 0 atom stereocenters. The van der Waals surface area contributed by atoms with Crippen molar-refractivity contribution in [2.75, 3.05) is 0 Å². The van der Waals surface area contributed by atoms with E-state index in [1.807, 2.05) is 44.2 Å². The monoisotopic (exact) mass is 214 g/mol. The van der Waals surface area contributed by atoms with Gasteiger partial charge in [0.1, 0.15) is 6.29 Å². The lowest BCUT2D eigenvalue weighted by atomic mass is 9.81. The molecule has 1 aromatic rings. The largest absolute Gasteiger partial charge is 0.303 e. The van der Waals surface area contributed by atoms with Gasteiger partial charge in [0.2, 0.25) is 0 Å². The number of aldehydes is 1. The van der Waals surface area contributed by atoms with Crippen molar-refractivity contribution in [1.29, 1.82) is 0 Å². The highest BCUT2D eigenvalue weighted by Gasteiger charge is 2.23. The van der Waals surface area contributed by atoms with Crippen LogP contribution in [0.3, 0.4) is 0 Å². The van der Waals surface area contributed by atoms with Crippen molar-refractivity contribution in [1.82, 2.24) is 0 Å². The molecule has 1 nitrogen and oxygen atoms in total. The maximum Gasteiger partial charge on any atom is 0.127 e. The van der Waals surface area contributed by atoms with E-state index in [1.165, 1.54) is 0 Å². The van der Waals surface area contributed by atoms with Gasteiger partial charge in [0.05, 0.1) is 0 Å². The van der Waals surface area contributed by atoms with E-state index in [1.54, 1.807) is 0 Å². The zero-order chi connectivity index (χ0) is 11.9. The fourth-order valence-corrected chi connectivity index (χ4v) is 1.55. The predicted molar refractivity (Wildman–Crippen MR) is 67.0 cm³/mol. The van der Waals surface area contributed by atoms with Gasteiger partial charge in [-0.15, -0.1) is 0 Å². The molecular formula is C15H18O. The molecule has 0 saturated carbocycles. The molecule has 0 heterocycles. The average molecular weight is 214 g/mol. The van der Waals surface area contributed by atoms with Crippen LogP contribution in [-0.4, -0.2) is 6.29 Å². The van der Waals surface area contributed by atoms with Gasteiger partial charge < -0.3 is 4.79 Å². The van der Waals surface area contributed by atoms with Crippen molar-refractivity contribution in [3.8, 4) is 11.8 Å². The van der Waals surface area contributed by atoms with Gasteiger partial charge in [-0.1, -0.05) is 43.9 Å². The number of carbonyl (C=O) groups is 1. The third-order valence-corrected chi connectivity index (χ3v) is 3.11. The maximum absolute atomic E-state index is 11.1. The summed E-state index contributed by atoms with van der Waals surface area (Å²) < 4.78 is 0. The van der Waals surface area contributed by atoms with Gasteiger partial charge in [-0.25, -0.2) is 0 Å². The van der Waals surface area contributed by atoms with E-state index in [-0.39, 0.29) is 5.41 Å². The second-order valence-electron chi connectivity index (χ2n) is 4.03. The van der Waals surface area contributed by atoms with Gasteiger partial charge in [-0.2, -0.15) is 0 Å². The Kier molecular flexibility index (Phi) is 4.79. The van der Waals surface area contributed by atoms with Crippen molar-refractivity contribution in [2.24, 2.45) is 5.41 Å². The summed E-state index contributed by atoms with van der Waals surface area (Å²) in [7, 11) is 0. The Morgan fingerprint density at radius 3 is 2.31 bits per heavy atom. The van der Waals surface area contributed by atoms with Crippen LogP contribution in [0.5, 0.6) is 0 Å². The fraction of sp³-hybridized carbons (Fsp3) is 0.400. The lowest BCUT2D eigenvalue weighted by Crippen LogP contribution is -2.19. The van der Waals surface area contributed by atoms with Crippen LogP contribution in [0.2, 0.25) is 0 Å². The molecule has 0 N–H and O–H groups in total. The van der Waals surface area contributed by atoms with Crippen molar-refractivity contribution >= 4 is 6.29 Å². The molecule has 0 aliphatic heterocycles. The number of hydrogen-bond donors (Lipinski definition) is 0. The minimum absolute atomic E-state index is 0.248. The topological polar surface area (TPSA) is 17.1 Å². The smallest absolute Gasteiger partial charge is 0.127 e. The summed E-state index contributed by atoms with van der Waals surface area (Å²) in [6.07, 6.45) is 3.43. The van der Waals surface area contributed by atoms with Crippen LogP contribution < -0.4 is 0 Å². The Balaban J connectivity index is 2.70. The predicted octanol–water partition coefficient (Wildman–Crippen LogP) is 3.43. The Hall–Kier alpha value is -1.55. The van der Waals surface area contributed by atoms with Crippen LogP contribution in [0, 0.1) is 17.3 Å². The number of rotatable bonds is 4. The normalized spacial score (nSPS) is 10.4. The van der Waals surface area contributed by atoms with Crippen molar-refractivity contribution in [3.63, 3.8) is 0 Å². The highest BCUT2D eigenvalue weighted by molar-refractivity contribution is 5.60. The first-order chi connectivity index (χ1) is 7.76. The third-order valence-electron chi connectivity index (χ3n) is 3.11. The Labute approximate surface area is 97.9 Å². The molecule has 0 aliphatic rings. The Bertz CT molecular complexity index is 377. The summed E-state index contributed by atoms with van der Waals surface area (Å²) in [5.41, 5.74) is 0.761. The van der Waals surface area contributed by atoms with Gasteiger partial charge in [0.25, 0.3) is 0 Å². The van der Waals surface area contributed by atoms with Gasteiger partial charge in [-0.3, -0.25) is 0 Å². The molecule has 0 fully saturated rings. The molecule has 1 rings (SSSR count). The molecule has 0 unspecified atom stereocenters. The first kappa shape index (κ1) is 12.5. The van der Waals surface area contributed by atoms with E-state index >= 15 is 0 Å². The highest BCUT2D eigenvalue weighted by Crippen LogP contribution is 2.27. The summed E-state index contributed by atoms with van der Waals surface area (Å²) in [5, 5.41) is 0. The lowest BCUT2D eigenvalue weighted by molar-refractivity contribution is -0.116. The summed E-state index contributed by atoms with van der Waals surface area (Å²) >= 11 is 0. The summed E-state index contributed by atoms with van der Waals surface area (Å²) in [6.45, 7) is 4.09. The Morgan fingerprint density at radius 1 is 1.19 bits per heavy atom. The highest BCUT2D eigenvalue weighted by atomic mass is 16.1. The maximum atomic E-state index is 11.1. The summed E-state index contributed by atoms with van der Waals surface area (Å²) in [5.74, 6) is 6.21. The van der Waals surface area contributed by atoms with Crippen molar-refractivity contribution < 1.29 is 4.79 Å². The van der Waals surface area contributed by atoms with Gasteiger partial charge >= 0.3 is 0 Å². The molecule has 0 amide bonds. The molecule has 16 heavy (non-hydrogen) atoms. The molecule has 0 saturated heterocycles. The second-order valence-corrected chi connectivity index (χ2v) is 4.03. The number of benzene rings is 1. The summed E-state index contributed by atoms with van der Waals surface area (Å²) in [6, 6.07) is 9.87. The first-order valence-corrected chi connectivity index (χ1v) is 5.76. The van der Waals surface area contributed by atoms with Gasteiger partial charge in [-0.05, 0) is 25.0 Å². The molecule has 0 aromatic heterocycles. The standard InChI is InChI=1S/C15H18O/c1-3-15(4-2,13-16)12-8-11-14-9-6-5-7-10-14/h5-7,9-10,13H,3-4,12H2,1-2H3. The molecular weight excluding hydrogens is 196 g/mol. The second kappa shape index (κ2) is 6.12. The van der Waals surface area contributed by atoms with E-state index < -0.39 is 0 Å². The molecule has 1 heteroatoms. The fourth-order valence-electron chi connectivity index (χ4n) is 1.55. The minimum atomic E-state index is -0.248. The minimum Gasteiger partial charge on any atom is -0.303 e. The molecule has 84 valence electrons. The molecule has 1 aromatic carbocycles. The van der Waals surface area contributed by atoms with E-state index in [0.717, 1.165) is 24.7 Å².